The predicted molar refractivity (Wildman–Crippen MR) is 126 cm³/mol. The summed E-state index contributed by atoms with van der Waals surface area (Å²) < 4.78 is 18.5. The molecule has 1 saturated heterocycles. The molecule has 0 bridgehead atoms. The van der Waals surface area contributed by atoms with Crippen LogP contribution in [0.2, 0.25) is 0 Å². The number of halogens is 1. The Kier molecular flexibility index (Phi) is 6.88. The van der Waals surface area contributed by atoms with Crippen molar-refractivity contribution in [1.29, 1.82) is 0 Å². The molecule has 2 aliphatic rings. The highest BCUT2D eigenvalue weighted by atomic mass is 32.1. The Balaban J connectivity index is 1.58. The number of aryl methyl sites for hydroxylation is 1. The number of carbonyl (C=O) groups is 2. The lowest BCUT2D eigenvalue weighted by Crippen LogP contribution is -2.56. The van der Waals surface area contributed by atoms with Gasteiger partial charge in [-0.25, -0.2) is 9.18 Å². The maximum absolute atomic E-state index is 13.6. The van der Waals surface area contributed by atoms with Crippen LogP contribution in [0.25, 0.3) is 0 Å². The van der Waals surface area contributed by atoms with Gasteiger partial charge in [-0.3, -0.25) is 9.69 Å². The number of rotatable bonds is 5. The van der Waals surface area contributed by atoms with Crippen molar-refractivity contribution < 1.29 is 23.8 Å². The maximum Gasteiger partial charge on any atom is 0.341 e. The van der Waals surface area contributed by atoms with Crippen LogP contribution in [0, 0.1) is 25.6 Å². The van der Waals surface area contributed by atoms with Crippen molar-refractivity contribution in [3.05, 3.63) is 51.7 Å². The third kappa shape index (κ3) is 4.69. The van der Waals surface area contributed by atoms with Gasteiger partial charge in [0.1, 0.15) is 10.8 Å². The molecule has 2 aromatic rings. The van der Waals surface area contributed by atoms with Crippen molar-refractivity contribution in [1.82, 2.24) is 4.90 Å². The Bertz CT molecular complexity index is 1040. The van der Waals surface area contributed by atoms with E-state index in [-0.39, 0.29) is 30.2 Å². The van der Waals surface area contributed by atoms with Crippen LogP contribution < -0.4 is 5.32 Å². The van der Waals surface area contributed by atoms with Gasteiger partial charge in [-0.1, -0.05) is 25.0 Å². The third-order valence-electron chi connectivity index (χ3n) is 7.26. The van der Waals surface area contributed by atoms with E-state index >= 15 is 0 Å². The van der Waals surface area contributed by atoms with Crippen molar-refractivity contribution in [3.8, 4) is 0 Å². The number of thiophene rings is 1. The first kappa shape index (κ1) is 23.9. The van der Waals surface area contributed by atoms with E-state index in [0.717, 1.165) is 41.7 Å². The van der Waals surface area contributed by atoms with Crippen molar-refractivity contribution in [2.45, 2.75) is 57.6 Å². The van der Waals surface area contributed by atoms with E-state index in [1.54, 1.807) is 12.1 Å². The average molecular weight is 475 g/mol. The highest BCUT2D eigenvalue weighted by molar-refractivity contribution is 7.16. The summed E-state index contributed by atoms with van der Waals surface area (Å²) in [7, 11) is 1.33. The number of carbonyl (C=O) groups excluding carboxylic acids is 2. The van der Waals surface area contributed by atoms with E-state index in [4.69, 9.17) is 4.74 Å². The zero-order chi connectivity index (χ0) is 23.8. The van der Waals surface area contributed by atoms with Crippen LogP contribution in [0.4, 0.5) is 9.39 Å². The van der Waals surface area contributed by atoms with Gasteiger partial charge < -0.3 is 15.2 Å². The second-order valence-corrected chi connectivity index (χ2v) is 10.4. The van der Waals surface area contributed by atoms with Crippen molar-refractivity contribution in [2.24, 2.45) is 5.92 Å². The molecule has 2 N–H and O–H groups in total. The van der Waals surface area contributed by atoms with Crippen LogP contribution in [-0.4, -0.2) is 47.7 Å². The van der Waals surface area contributed by atoms with Gasteiger partial charge in [0.2, 0.25) is 5.91 Å². The molecule has 4 rings (SSSR count). The number of hydrogen-bond donors (Lipinski definition) is 2. The number of hydrogen-bond acceptors (Lipinski definition) is 6. The first-order valence-electron chi connectivity index (χ1n) is 11.4. The number of likely N-dealkylation sites (tertiary alicyclic amines) is 1. The Hall–Kier alpha value is -2.29. The molecule has 1 aromatic carbocycles. The number of nitrogens with one attached hydrogen (secondary N) is 1. The van der Waals surface area contributed by atoms with Gasteiger partial charge in [-0.05, 0) is 56.4 Å². The highest BCUT2D eigenvalue weighted by Gasteiger charge is 2.49. The first-order chi connectivity index (χ1) is 15.7. The van der Waals surface area contributed by atoms with Gasteiger partial charge in [0, 0.05) is 23.4 Å². The number of benzene rings is 1. The molecule has 2 fully saturated rings. The van der Waals surface area contributed by atoms with Gasteiger partial charge in [-0.15, -0.1) is 11.3 Å². The number of ether oxygens (including phenoxy) is 1. The van der Waals surface area contributed by atoms with E-state index in [2.05, 4.69) is 10.2 Å². The van der Waals surface area contributed by atoms with Crippen LogP contribution in [0.15, 0.2) is 24.3 Å². The Morgan fingerprint density at radius 1 is 1.24 bits per heavy atom. The summed E-state index contributed by atoms with van der Waals surface area (Å²) in [5.41, 5.74) is 1.34. The SMILES string of the molecule is COC(=O)c1c(NC(=O)CN2CC[C@@]3(O)CCCC[C@@H]3[C@@H]2c2ccc(F)cc2)sc(C)c1C. The quantitative estimate of drug-likeness (QED) is 0.620. The fraction of sp³-hybridized carbons (Fsp3) is 0.520. The fourth-order valence-corrected chi connectivity index (χ4v) is 6.50. The Morgan fingerprint density at radius 3 is 2.67 bits per heavy atom. The zero-order valence-electron chi connectivity index (χ0n) is 19.3. The number of aliphatic hydroxyl groups is 1. The number of piperidine rings is 1. The molecule has 0 unspecified atom stereocenters. The topological polar surface area (TPSA) is 78.9 Å². The first-order valence-corrected chi connectivity index (χ1v) is 12.2. The number of nitrogens with zero attached hydrogens (tertiary/aromatic N) is 1. The number of fused-ring (bicyclic) bond motifs is 1. The van der Waals surface area contributed by atoms with E-state index in [9.17, 15) is 19.1 Å². The van der Waals surface area contributed by atoms with Gasteiger partial charge in [0.25, 0.3) is 0 Å². The highest BCUT2D eigenvalue weighted by Crippen LogP contribution is 2.49. The lowest BCUT2D eigenvalue weighted by Gasteiger charge is -2.52. The molecule has 3 atom stereocenters. The van der Waals surface area contributed by atoms with Gasteiger partial charge in [-0.2, -0.15) is 0 Å². The molecule has 2 heterocycles. The lowest BCUT2D eigenvalue weighted by molar-refractivity contribution is -0.135. The summed E-state index contributed by atoms with van der Waals surface area (Å²) in [6.07, 6.45) is 4.25. The molecule has 0 spiro atoms. The van der Waals surface area contributed by atoms with E-state index in [1.165, 1.54) is 30.6 Å². The third-order valence-corrected chi connectivity index (χ3v) is 8.38. The maximum atomic E-state index is 13.6. The minimum Gasteiger partial charge on any atom is -0.465 e. The van der Waals surface area contributed by atoms with Crippen LogP contribution in [0.5, 0.6) is 0 Å². The predicted octanol–water partition coefficient (Wildman–Crippen LogP) is 4.60. The Morgan fingerprint density at radius 2 is 1.97 bits per heavy atom. The minimum absolute atomic E-state index is 0.0184. The van der Waals surface area contributed by atoms with Crippen molar-refractivity contribution in [2.75, 3.05) is 25.5 Å². The molecule has 8 heteroatoms. The summed E-state index contributed by atoms with van der Waals surface area (Å²) in [6, 6.07) is 6.20. The van der Waals surface area contributed by atoms with E-state index in [0.29, 0.717) is 23.5 Å². The summed E-state index contributed by atoms with van der Waals surface area (Å²) in [4.78, 5) is 28.4. The van der Waals surface area contributed by atoms with Crippen LogP contribution in [0.3, 0.4) is 0 Å². The molecule has 1 aliphatic carbocycles. The molecule has 1 saturated carbocycles. The molecular weight excluding hydrogens is 443 g/mol. The van der Waals surface area contributed by atoms with Crippen molar-refractivity contribution >= 4 is 28.2 Å². The molecule has 33 heavy (non-hydrogen) atoms. The molecule has 1 aromatic heterocycles. The average Bonchev–Trinajstić information content (AvgIpc) is 3.06. The van der Waals surface area contributed by atoms with Crippen LogP contribution in [-0.2, 0) is 9.53 Å². The number of anilines is 1. The minimum atomic E-state index is -0.760. The largest absolute Gasteiger partial charge is 0.465 e. The molecule has 1 aliphatic heterocycles. The molecule has 178 valence electrons. The number of esters is 1. The molecule has 0 radical (unpaired) electrons. The van der Waals surface area contributed by atoms with Crippen LogP contribution >= 0.6 is 11.3 Å². The normalized spacial score (nSPS) is 25.4. The molecular formula is C25H31FN2O4S. The smallest absolute Gasteiger partial charge is 0.341 e. The van der Waals surface area contributed by atoms with Gasteiger partial charge in [0.15, 0.2) is 0 Å². The summed E-state index contributed by atoms with van der Waals surface area (Å²) in [6.45, 7) is 4.42. The summed E-state index contributed by atoms with van der Waals surface area (Å²) in [5.74, 6) is -1.03. The number of amides is 1. The zero-order valence-corrected chi connectivity index (χ0v) is 20.1. The molecule has 1 amide bonds. The molecule has 6 nitrogen and oxygen atoms in total. The summed E-state index contributed by atoms with van der Waals surface area (Å²) >= 11 is 1.36. The Labute approximate surface area is 197 Å². The second kappa shape index (κ2) is 9.52. The standard InChI is InChI=1S/C25H31FN2O4S/c1-15-16(2)33-23(21(15)24(30)32-3)27-20(29)14-28-13-12-25(31)11-5-4-6-19(25)22(28)17-7-9-18(26)10-8-17/h7-10,19,22,31H,4-6,11-14H2,1-3H3,(H,27,29)/t19-,22+,25+/m1/s1. The second-order valence-electron chi connectivity index (χ2n) is 9.20. The number of methoxy groups -OCH3 is 1. The monoisotopic (exact) mass is 474 g/mol. The van der Waals surface area contributed by atoms with Gasteiger partial charge in [0.05, 0.1) is 24.8 Å². The van der Waals surface area contributed by atoms with Crippen LogP contribution in [0.1, 0.15) is 64.5 Å². The van der Waals surface area contributed by atoms with Gasteiger partial charge >= 0.3 is 5.97 Å². The lowest BCUT2D eigenvalue weighted by atomic mass is 9.66. The fourth-order valence-electron chi connectivity index (χ4n) is 5.44. The van der Waals surface area contributed by atoms with E-state index in [1.807, 2.05) is 13.8 Å². The van der Waals surface area contributed by atoms with Crippen molar-refractivity contribution in [3.63, 3.8) is 0 Å². The van der Waals surface area contributed by atoms with E-state index < -0.39 is 11.6 Å². The summed E-state index contributed by atoms with van der Waals surface area (Å²) in [5, 5.41) is 14.8.